The topological polar surface area (TPSA) is 72.4 Å². The van der Waals surface area contributed by atoms with Crippen LogP contribution in [0, 0.1) is 11.8 Å². The third-order valence-electron chi connectivity index (χ3n) is 4.55. The van der Waals surface area contributed by atoms with Gasteiger partial charge in [0.1, 0.15) is 0 Å². The van der Waals surface area contributed by atoms with Crippen molar-refractivity contribution >= 4 is 11.9 Å². The molecule has 0 saturated carbocycles. The van der Waals surface area contributed by atoms with Crippen molar-refractivity contribution in [3.05, 3.63) is 23.8 Å². The van der Waals surface area contributed by atoms with Crippen molar-refractivity contribution < 1.29 is 19.0 Å². The number of carbonyl (C=O) groups is 1. The number of nitrogens with one attached hydrogen (secondary N) is 1. The highest BCUT2D eigenvalue weighted by atomic mass is 16.5. The zero-order chi connectivity index (χ0) is 18.4. The van der Waals surface area contributed by atoms with Gasteiger partial charge in [-0.25, -0.2) is 0 Å². The lowest BCUT2D eigenvalue weighted by Crippen LogP contribution is -2.40. The quantitative estimate of drug-likeness (QED) is 0.494. The van der Waals surface area contributed by atoms with Crippen LogP contribution in [0.15, 0.2) is 23.2 Å². The Kier molecular flexibility index (Phi) is 6.50. The van der Waals surface area contributed by atoms with Crippen LogP contribution in [0.3, 0.4) is 0 Å². The molecular weight excluding hydrogens is 322 g/mol. The first-order chi connectivity index (χ1) is 12.0. The Morgan fingerprint density at radius 1 is 1.28 bits per heavy atom. The lowest BCUT2D eigenvalue weighted by Gasteiger charge is -2.22. The summed E-state index contributed by atoms with van der Waals surface area (Å²) >= 11 is 0. The minimum atomic E-state index is -0.167. The lowest BCUT2D eigenvalue weighted by molar-refractivity contribution is -0.145. The largest absolute Gasteiger partial charge is 0.493 e. The second kappa shape index (κ2) is 8.60. The first-order valence-electron chi connectivity index (χ1n) is 8.29. The highest BCUT2D eigenvalue weighted by Gasteiger charge is 2.36. The second-order valence-corrected chi connectivity index (χ2v) is 6.07. The first-order valence-corrected chi connectivity index (χ1v) is 8.29. The van der Waals surface area contributed by atoms with Crippen molar-refractivity contribution in [3.8, 4) is 11.5 Å². The van der Waals surface area contributed by atoms with E-state index in [1.54, 1.807) is 21.3 Å². The lowest BCUT2D eigenvalue weighted by atomic mass is 9.99. The Hall–Kier alpha value is -2.44. The molecular formula is C18H27N3O4. The molecule has 0 radical (unpaired) electrons. The van der Waals surface area contributed by atoms with Crippen molar-refractivity contribution in [3.63, 3.8) is 0 Å². The van der Waals surface area contributed by atoms with Crippen molar-refractivity contribution in [1.29, 1.82) is 0 Å². The molecule has 1 N–H and O–H groups in total. The normalized spacial score (nSPS) is 20.4. The average Bonchev–Trinajstić information content (AvgIpc) is 3.02. The summed E-state index contributed by atoms with van der Waals surface area (Å²) in [6, 6.07) is 5.76. The Labute approximate surface area is 149 Å². The molecule has 7 nitrogen and oxygen atoms in total. The van der Waals surface area contributed by atoms with E-state index in [0.29, 0.717) is 24.6 Å². The second-order valence-electron chi connectivity index (χ2n) is 6.07. The number of nitrogens with zero attached hydrogens (tertiary/aromatic N) is 2. The molecule has 1 fully saturated rings. The van der Waals surface area contributed by atoms with Gasteiger partial charge in [-0.1, -0.05) is 19.1 Å². The summed E-state index contributed by atoms with van der Waals surface area (Å²) in [7, 11) is 6.41. The highest BCUT2D eigenvalue weighted by molar-refractivity contribution is 5.82. The Balaban J connectivity index is 2.06. The monoisotopic (exact) mass is 349 g/mol. The molecule has 0 spiro atoms. The van der Waals surface area contributed by atoms with Gasteiger partial charge in [-0.15, -0.1) is 0 Å². The summed E-state index contributed by atoms with van der Waals surface area (Å²) in [6.45, 7) is 3.96. The SMILES string of the molecule is CN=C(NCc1cccc(OC)c1OC)N1CC(C)C(C(=O)OC)C1. The van der Waals surface area contributed by atoms with Crippen LogP contribution in [0.1, 0.15) is 12.5 Å². The van der Waals surface area contributed by atoms with Gasteiger partial charge >= 0.3 is 5.97 Å². The van der Waals surface area contributed by atoms with E-state index >= 15 is 0 Å². The molecule has 1 aliphatic heterocycles. The van der Waals surface area contributed by atoms with Crippen LogP contribution in [0.4, 0.5) is 0 Å². The molecule has 7 heteroatoms. The van der Waals surface area contributed by atoms with Crippen molar-refractivity contribution in [2.45, 2.75) is 13.5 Å². The molecule has 0 bridgehead atoms. The van der Waals surface area contributed by atoms with Gasteiger partial charge in [0.15, 0.2) is 17.5 Å². The number of methoxy groups -OCH3 is 3. The fourth-order valence-corrected chi connectivity index (χ4v) is 3.20. The van der Waals surface area contributed by atoms with Crippen molar-refractivity contribution in [2.24, 2.45) is 16.8 Å². The van der Waals surface area contributed by atoms with Crippen LogP contribution < -0.4 is 14.8 Å². The summed E-state index contributed by atoms with van der Waals surface area (Å²) in [5, 5.41) is 3.34. The predicted octanol–water partition coefficient (Wildman–Crippen LogP) is 1.52. The average molecular weight is 349 g/mol. The molecule has 1 heterocycles. The van der Waals surface area contributed by atoms with E-state index in [9.17, 15) is 4.79 Å². The molecule has 0 aromatic heterocycles. The van der Waals surface area contributed by atoms with E-state index < -0.39 is 0 Å². The molecule has 2 rings (SSSR count). The van der Waals surface area contributed by atoms with Crippen LogP contribution in [-0.4, -0.2) is 58.3 Å². The molecule has 1 saturated heterocycles. The number of aliphatic imine (C=N–C) groups is 1. The van der Waals surface area contributed by atoms with Gasteiger partial charge in [0.25, 0.3) is 0 Å². The van der Waals surface area contributed by atoms with Gasteiger partial charge in [0, 0.05) is 32.2 Å². The molecule has 1 aromatic rings. The minimum absolute atomic E-state index is 0.130. The maximum absolute atomic E-state index is 11.9. The molecule has 2 unspecified atom stereocenters. The number of guanidine groups is 1. The van der Waals surface area contributed by atoms with Gasteiger partial charge in [0.05, 0.1) is 27.2 Å². The highest BCUT2D eigenvalue weighted by Crippen LogP contribution is 2.30. The summed E-state index contributed by atoms with van der Waals surface area (Å²) in [5.41, 5.74) is 0.972. The minimum Gasteiger partial charge on any atom is -0.493 e. The zero-order valence-corrected chi connectivity index (χ0v) is 15.5. The molecule has 138 valence electrons. The molecule has 0 amide bonds. The zero-order valence-electron chi connectivity index (χ0n) is 15.5. The molecule has 0 aliphatic carbocycles. The summed E-state index contributed by atoms with van der Waals surface area (Å²) in [5.74, 6) is 2.07. The number of likely N-dealkylation sites (tertiary alicyclic amines) is 1. The number of para-hydroxylation sites is 1. The van der Waals surface area contributed by atoms with E-state index in [1.807, 2.05) is 18.2 Å². The fraction of sp³-hybridized carbons (Fsp3) is 0.556. The summed E-state index contributed by atoms with van der Waals surface area (Å²) in [6.07, 6.45) is 0. The van der Waals surface area contributed by atoms with E-state index in [1.165, 1.54) is 7.11 Å². The van der Waals surface area contributed by atoms with E-state index in [-0.39, 0.29) is 17.8 Å². The predicted molar refractivity (Wildman–Crippen MR) is 96.0 cm³/mol. The van der Waals surface area contributed by atoms with Gasteiger partial charge in [0.2, 0.25) is 0 Å². The molecule has 2 atom stereocenters. The Morgan fingerprint density at radius 3 is 2.64 bits per heavy atom. The van der Waals surface area contributed by atoms with Crippen LogP contribution in [0.5, 0.6) is 11.5 Å². The van der Waals surface area contributed by atoms with Crippen LogP contribution in [-0.2, 0) is 16.1 Å². The summed E-state index contributed by atoms with van der Waals surface area (Å²) < 4.78 is 15.7. The van der Waals surface area contributed by atoms with Crippen LogP contribution in [0.2, 0.25) is 0 Å². The molecule has 1 aromatic carbocycles. The van der Waals surface area contributed by atoms with Gasteiger partial charge in [-0.2, -0.15) is 0 Å². The first kappa shape index (κ1) is 18.9. The number of hydrogen-bond donors (Lipinski definition) is 1. The van der Waals surface area contributed by atoms with Crippen molar-refractivity contribution in [1.82, 2.24) is 10.2 Å². The number of hydrogen-bond acceptors (Lipinski definition) is 5. The summed E-state index contributed by atoms with van der Waals surface area (Å²) in [4.78, 5) is 18.3. The number of rotatable bonds is 5. The van der Waals surface area contributed by atoms with Crippen LogP contribution >= 0.6 is 0 Å². The third kappa shape index (κ3) is 4.15. The molecule has 1 aliphatic rings. The van der Waals surface area contributed by atoms with E-state index in [0.717, 1.165) is 18.1 Å². The van der Waals surface area contributed by atoms with Crippen LogP contribution in [0.25, 0.3) is 0 Å². The molecule has 25 heavy (non-hydrogen) atoms. The Bertz CT molecular complexity index is 633. The number of esters is 1. The smallest absolute Gasteiger partial charge is 0.310 e. The maximum Gasteiger partial charge on any atom is 0.310 e. The number of benzene rings is 1. The van der Waals surface area contributed by atoms with E-state index in [2.05, 4.69) is 22.1 Å². The van der Waals surface area contributed by atoms with Gasteiger partial charge < -0.3 is 24.4 Å². The third-order valence-corrected chi connectivity index (χ3v) is 4.55. The van der Waals surface area contributed by atoms with Gasteiger partial charge in [-0.3, -0.25) is 9.79 Å². The fourth-order valence-electron chi connectivity index (χ4n) is 3.20. The standard InChI is InChI=1S/C18H27N3O4/c1-12-10-21(11-14(12)17(22)25-5)18(19-2)20-9-13-7-6-8-15(23-3)16(13)24-4/h6-8,12,14H,9-11H2,1-5H3,(H,19,20). The number of ether oxygens (including phenoxy) is 3. The van der Waals surface area contributed by atoms with Crippen molar-refractivity contribution in [2.75, 3.05) is 41.5 Å². The van der Waals surface area contributed by atoms with E-state index in [4.69, 9.17) is 14.2 Å². The number of carbonyl (C=O) groups excluding carboxylic acids is 1. The maximum atomic E-state index is 11.9. The Morgan fingerprint density at radius 2 is 2.04 bits per heavy atom. The van der Waals surface area contributed by atoms with Gasteiger partial charge in [-0.05, 0) is 12.0 Å².